The van der Waals surface area contributed by atoms with Gasteiger partial charge >= 0.3 is 0 Å². The van der Waals surface area contributed by atoms with E-state index in [-0.39, 0.29) is 29.9 Å². The highest BCUT2D eigenvalue weighted by atomic mass is 35.5. The van der Waals surface area contributed by atoms with Crippen molar-refractivity contribution in [2.45, 2.75) is 17.4 Å². The molecule has 2 aromatic rings. The van der Waals surface area contributed by atoms with Crippen molar-refractivity contribution >= 4 is 28.1 Å². The number of nitrogens with one attached hydrogen (secondary N) is 2. The summed E-state index contributed by atoms with van der Waals surface area (Å²) in [6.07, 6.45) is 0.892. The third-order valence-corrected chi connectivity index (χ3v) is 5.52. The molecule has 134 valence electrons. The largest absolute Gasteiger partial charge is 0.308 e. The lowest BCUT2D eigenvalue weighted by molar-refractivity contribution is -0.387. The first-order valence-corrected chi connectivity index (χ1v) is 9.01. The number of benzene rings is 2. The Balaban J connectivity index is 0.00000225. The van der Waals surface area contributed by atoms with E-state index >= 15 is 0 Å². The molecule has 1 aliphatic heterocycles. The first-order chi connectivity index (χ1) is 11.5. The second-order valence-electron chi connectivity index (χ2n) is 5.53. The summed E-state index contributed by atoms with van der Waals surface area (Å²) < 4.78 is 27.4. The number of hydrogen-bond donors (Lipinski definition) is 2. The van der Waals surface area contributed by atoms with Crippen molar-refractivity contribution in [1.29, 1.82) is 0 Å². The molecule has 9 heteroatoms. The number of nitrogens with zero attached hydrogens (tertiary/aromatic N) is 1. The zero-order chi connectivity index (χ0) is 17.2. The van der Waals surface area contributed by atoms with Crippen LogP contribution in [0.15, 0.2) is 53.4 Å². The van der Waals surface area contributed by atoms with Crippen molar-refractivity contribution < 1.29 is 13.3 Å². The van der Waals surface area contributed by atoms with Crippen LogP contribution >= 0.6 is 12.4 Å². The summed E-state index contributed by atoms with van der Waals surface area (Å²) >= 11 is 0. The summed E-state index contributed by atoms with van der Waals surface area (Å²) in [5, 5.41) is 14.3. The summed E-state index contributed by atoms with van der Waals surface area (Å²) in [6.45, 7) is 0.889. The monoisotopic (exact) mass is 383 g/mol. The quantitative estimate of drug-likeness (QED) is 0.608. The molecule has 1 unspecified atom stereocenters. The van der Waals surface area contributed by atoms with E-state index in [0.29, 0.717) is 0 Å². The topological polar surface area (TPSA) is 101 Å². The van der Waals surface area contributed by atoms with Crippen LogP contribution in [-0.4, -0.2) is 26.4 Å². The SMILES string of the molecule is Cl.O=[N+]([O-])c1ccccc1S(=O)(=O)NCC1NCCc2ccccc21. The fourth-order valence-corrected chi connectivity index (χ4v) is 4.10. The molecule has 1 heterocycles. The van der Waals surface area contributed by atoms with Gasteiger partial charge in [0.2, 0.25) is 10.0 Å². The average molecular weight is 384 g/mol. The van der Waals surface area contributed by atoms with E-state index < -0.39 is 20.6 Å². The number of hydrogen-bond acceptors (Lipinski definition) is 5. The Kier molecular flexibility index (Phi) is 6.12. The molecule has 25 heavy (non-hydrogen) atoms. The van der Waals surface area contributed by atoms with Gasteiger partial charge in [-0.1, -0.05) is 36.4 Å². The van der Waals surface area contributed by atoms with E-state index in [1.54, 1.807) is 0 Å². The molecule has 0 spiro atoms. The van der Waals surface area contributed by atoms with Crippen LogP contribution in [0.25, 0.3) is 0 Å². The maximum atomic E-state index is 12.5. The summed E-state index contributed by atoms with van der Waals surface area (Å²) in [7, 11) is -3.97. The number of para-hydroxylation sites is 1. The molecular formula is C16H18ClN3O4S. The average Bonchev–Trinajstić information content (AvgIpc) is 2.60. The Labute approximate surface area is 152 Å². The fraction of sp³-hybridized carbons (Fsp3) is 0.250. The molecule has 2 N–H and O–H groups in total. The van der Waals surface area contributed by atoms with Crippen molar-refractivity contribution in [2.24, 2.45) is 0 Å². The summed E-state index contributed by atoms with van der Waals surface area (Å²) in [5.41, 5.74) is 1.81. The predicted octanol–water partition coefficient (Wildman–Crippen LogP) is 2.18. The van der Waals surface area contributed by atoms with Gasteiger partial charge in [0.25, 0.3) is 5.69 Å². The zero-order valence-corrected chi connectivity index (χ0v) is 14.8. The molecule has 0 fully saturated rings. The van der Waals surface area contributed by atoms with Gasteiger partial charge in [0.1, 0.15) is 0 Å². The van der Waals surface area contributed by atoms with Crippen LogP contribution in [0.3, 0.4) is 0 Å². The van der Waals surface area contributed by atoms with Gasteiger partial charge in [-0.15, -0.1) is 12.4 Å². The Morgan fingerprint density at radius 2 is 1.84 bits per heavy atom. The smallest absolute Gasteiger partial charge is 0.289 e. The van der Waals surface area contributed by atoms with Gasteiger partial charge in [-0.3, -0.25) is 10.1 Å². The molecule has 0 amide bonds. The third kappa shape index (κ3) is 4.16. The van der Waals surface area contributed by atoms with Gasteiger partial charge in [0.15, 0.2) is 4.90 Å². The van der Waals surface area contributed by atoms with Crippen LogP contribution in [0.4, 0.5) is 5.69 Å². The molecular weight excluding hydrogens is 366 g/mol. The molecule has 7 nitrogen and oxygen atoms in total. The third-order valence-electron chi connectivity index (χ3n) is 4.04. The lowest BCUT2D eigenvalue weighted by Crippen LogP contribution is -2.38. The maximum Gasteiger partial charge on any atom is 0.289 e. The Morgan fingerprint density at radius 3 is 2.60 bits per heavy atom. The van der Waals surface area contributed by atoms with Crippen molar-refractivity contribution in [2.75, 3.05) is 13.1 Å². The first kappa shape index (κ1) is 19.3. The van der Waals surface area contributed by atoms with Crippen LogP contribution in [0.2, 0.25) is 0 Å². The second-order valence-corrected chi connectivity index (χ2v) is 7.27. The Morgan fingerprint density at radius 1 is 1.16 bits per heavy atom. The van der Waals surface area contributed by atoms with E-state index in [4.69, 9.17) is 0 Å². The first-order valence-electron chi connectivity index (χ1n) is 7.53. The van der Waals surface area contributed by atoms with Crippen LogP contribution < -0.4 is 10.0 Å². The van der Waals surface area contributed by atoms with Crippen LogP contribution in [-0.2, 0) is 16.4 Å². The second kappa shape index (κ2) is 7.92. The van der Waals surface area contributed by atoms with Gasteiger partial charge in [-0.25, -0.2) is 13.1 Å². The molecule has 3 rings (SSSR count). The van der Waals surface area contributed by atoms with Gasteiger partial charge in [0, 0.05) is 18.7 Å². The van der Waals surface area contributed by atoms with Crippen molar-refractivity contribution in [1.82, 2.24) is 10.0 Å². The van der Waals surface area contributed by atoms with Crippen molar-refractivity contribution in [3.8, 4) is 0 Å². The summed E-state index contributed by atoms with van der Waals surface area (Å²) in [5.74, 6) is 0. The molecule has 0 radical (unpaired) electrons. The minimum atomic E-state index is -3.97. The normalized spacial score (nSPS) is 16.6. The Hall–Kier alpha value is -2.00. The van der Waals surface area contributed by atoms with Gasteiger partial charge in [-0.2, -0.15) is 0 Å². The van der Waals surface area contributed by atoms with E-state index in [2.05, 4.69) is 10.0 Å². The van der Waals surface area contributed by atoms with Crippen LogP contribution in [0.5, 0.6) is 0 Å². The lowest BCUT2D eigenvalue weighted by atomic mass is 9.95. The summed E-state index contributed by atoms with van der Waals surface area (Å²) in [4.78, 5) is 10.0. The van der Waals surface area contributed by atoms with E-state index in [9.17, 15) is 18.5 Å². The zero-order valence-electron chi connectivity index (χ0n) is 13.2. The molecule has 0 aliphatic carbocycles. The molecule has 0 bridgehead atoms. The van der Waals surface area contributed by atoms with Crippen molar-refractivity contribution in [3.63, 3.8) is 0 Å². The van der Waals surface area contributed by atoms with Gasteiger partial charge < -0.3 is 5.32 Å². The number of nitro groups is 1. The number of rotatable bonds is 5. The van der Waals surface area contributed by atoms with Gasteiger partial charge in [-0.05, 0) is 30.2 Å². The highest BCUT2D eigenvalue weighted by molar-refractivity contribution is 7.89. The van der Waals surface area contributed by atoms with E-state index in [0.717, 1.165) is 18.5 Å². The van der Waals surface area contributed by atoms with E-state index in [1.165, 1.54) is 29.8 Å². The highest BCUT2D eigenvalue weighted by Gasteiger charge is 2.27. The minimum absolute atomic E-state index is 0. The van der Waals surface area contributed by atoms with Crippen LogP contribution in [0.1, 0.15) is 17.2 Å². The number of nitro benzene ring substituents is 1. The fourth-order valence-electron chi connectivity index (χ4n) is 2.88. The van der Waals surface area contributed by atoms with Crippen LogP contribution in [0, 0.1) is 10.1 Å². The lowest BCUT2D eigenvalue weighted by Gasteiger charge is -2.27. The predicted molar refractivity (Wildman–Crippen MR) is 96.4 cm³/mol. The summed E-state index contributed by atoms with van der Waals surface area (Å²) in [6, 6.07) is 13.0. The Bertz CT molecular complexity index is 873. The molecule has 2 aromatic carbocycles. The van der Waals surface area contributed by atoms with Crippen molar-refractivity contribution in [3.05, 3.63) is 69.8 Å². The maximum absolute atomic E-state index is 12.5. The number of halogens is 1. The number of sulfonamides is 1. The van der Waals surface area contributed by atoms with Gasteiger partial charge in [0.05, 0.1) is 4.92 Å². The molecule has 0 saturated heterocycles. The number of fused-ring (bicyclic) bond motifs is 1. The molecule has 0 saturated carbocycles. The standard InChI is InChI=1S/C16H17N3O4S.ClH/c20-19(21)15-7-3-4-8-16(15)24(22,23)18-11-14-13-6-2-1-5-12(13)9-10-17-14;/h1-8,14,17-18H,9-11H2;1H. The molecule has 1 aliphatic rings. The molecule has 0 aromatic heterocycles. The minimum Gasteiger partial charge on any atom is -0.308 e. The highest BCUT2D eigenvalue weighted by Crippen LogP contribution is 2.25. The van der Waals surface area contributed by atoms with E-state index in [1.807, 2.05) is 24.3 Å². The molecule has 1 atom stereocenters.